The number of carbonyl (C=O) groups excluding carboxylic acids is 1. The number of anilines is 1. The standard InChI is InChI=1S/C14H21N5O/c1-8(2)18-7-15-12-11(18)13-16-10(5)6-17(13)14(20)19(12)9(3)4/h7-10H,6H2,1-5H3/t10-/m1/s1. The molecule has 0 N–H and O–H groups in total. The summed E-state index contributed by atoms with van der Waals surface area (Å²) >= 11 is 0. The van der Waals surface area contributed by atoms with Crippen LogP contribution >= 0.6 is 0 Å². The predicted molar refractivity (Wildman–Crippen MR) is 78.3 cm³/mol. The van der Waals surface area contributed by atoms with E-state index in [4.69, 9.17) is 0 Å². The Morgan fingerprint density at radius 1 is 1.25 bits per heavy atom. The molecule has 3 heterocycles. The second-order valence-corrected chi connectivity index (χ2v) is 6.08. The van der Waals surface area contributed by atoms with E-state index >= 15 is 0 Å². The fourth-order valence-corrected chi connectivity index (χ4v) is 2.85. The first-order valence-corrected chi connectivity index (χ1v) is 7.17. The number of urea groups is 1. The summed E-state index contributed by atoms with van der Waals surface area (Å²) in [4.78, 5) is 25.3. The van der Waals surface area contributed by atoms with Gasteiger partial charge in [0.25, 0.3) is 0 Å². The number of aliphatic imine (C=N–C) groups is 1. The Bertz CT molecular complexity index is 586. The molecular weight excluding hydrogens is 254 g/mol. The maximum atomic E-state index is 12.7. The highest BCUT2D eigenvalue weighted by molar-refractivity contribution is 6.18. The second kappa shape index (κ2) is 4.33. The van der Waals surface area contributed by atoms with Gasteiger partial charge in [-0.3, -0.25) is 14.8 Å². The number of carbonyl (C=O) groups is 1. The van der Waals surface area contributed by atoms with Crippen molar-refractivity contribution in [2.24, 2.45) is 4.99 Å². The highest BCUT2D eigenvalue weighted by Gasteiger charge is 2.43. The van der Waals surface area contributed by atoms with Gasteiger partial charge in [-0.1, -0.05) is 0 Å². The zero-order chi connectivity index (χ0) is 14.6. The molecule has 20 heavy (non-hydrogen) atoms. The van der Waals surface area contributed by atoms with E-state index in [1.54, 1.807) is 9.80 Å². The van der Waals surface area contributed by atoms with Gasteiger partial charge in [0.2, 0.25) is 0 Å². The van der Waals surface area contributed by atoms with Crippen molar-refractivity contribution in [3.63, 3.8) is 0 Å². The number of nitrogens with zero attached hydrogens (tertiary/aromatic N) is 5. The van der Waals surface area contributed by atoms with Gasteiger partial charge in [-0.05, 0) is 34.6 Å². The van der Waals surface area contributed by atoms with E-state index in [1.165, 1.54) is 0 Å². The molecule has 6 heteroatoms. The molecule has 0 radical (unpaired) electrons. The van der Waals surface area contributed by atoms with Crippen LogP contribution in [-0.2, 0) is 0 Å². The average molecular weight is 275 g/mol. The second-order valence-electron chi connectivity index (χ2n) is 6.08. The third kappa shape index (κ3) is 1.67. The molecule has 0 unspecified atom stereocenters. The van der Waals surface area contributed by atoms with Gasteiger partial charge in [0.05, 0.1) is 18.9 Å². The SMILES string of the molecule is CC(C)N1C(=O)N2C[C@@H](C)N=C2c2c1ncn2C(C)C. The molecular formula is C14H21N5O. The summed E-state index contributed by atoms with van der Waals surface area (Å²) in [6.45, 7) is 10.9. The van der Waals surface area contributed by atoms with Crippen LogP contribution in [0.5, 0.6) is 0 Å². The summed E-state index contributed by atoms with van der Waals surface area (Å²) in [5.74, 6) is 1.52. The van der Waals surface area contributed by atoms with Gasteiger partial charge in [0.15, 0.2) is 11.7 Å². The first kappa shape index (κ1) is 13.1. The summed E-state index contributed by atoms with van der Waals surface area (Å²) in [6, 6.07) is 0.497. The Morgan fingerprint density at radius 2 is 1.95 bits per heavy atom. The summed E-state index contributed by atoms with van der Waals surface area (Å²) in [5, 5.41) is 0. The fraction of sp³-hybridized carbons (Fsp3) is 0.643. The summed E-state index contributed by atoms with van der Waals surface area (Å²) in [7, 11) is 0. The highest BCUT2D eigenvalue weighted by atomic mass is 16.2. The lowest BCUT2D eigenvalue weighted by atomic mass is 10.2. The normalized spacial score (nSPS) is 21.6. The van der Waals surface area contributed by atoms with Crippen molar-refractivity contribution in [1.29, 1.82) is 0 Å². The Kier molecular flexibility index (Phi) is 2.84. The first-order chi connectivity index (χ1) is 9.41. The predicted octanol–water partition coefficient (Wildman–Crippen LogP) is 2.26. The van der Waals surface area contributed by atoms with E-state index in [0.717, 1.165) is 17.3 Å². The molecule has 0 aromatic carbocycles. The van der Waals surface area contributed by atoms with Crippen molar-refractivity contribution in [3.8, 4) is 0 Å². The van der Waals surface area contributed by atoms with E-state index in [-0.39, 0.29) is 24.2 Å². The minimum Gasteiger partial charge on any atom is -0.324 e. The first-order valence-electron chi connectivity index (χ1n) is 7.17. The Labute approximate surface area is 119 Å². The van der Waals surface area contributed by atoms with Crippen LogP contribution in [0.15, 0.2) is 11.3 Å². The monoisotopic (exact) mass is 275 g/mol. The van der Waals surface area contributed by atoms with Crippen molar-refractivity contribution in [1.82, 2.24) is 14.5 Å². The van der Waals surface area contributed by atoms with Gasteiger partial charge < -0.3 is 4.57 Å². The number of hydrogen-bond acceptors (Lipinski definition) is 3. The maximum absolute atomic E-state index is 12.7. The van der Waals surface area contributed by atoms with E-state index in [1.807, 2.05) is 27.1 Å². The molecule has 1 aromatic heterocycles. The molecule has 2 aliphatic heterocycles. The summed E-state index contributed by atoms with van der Waals surface area (Å²) in [6.07, 6.45) is 1.81. The summed E-state index contributed by atoms with van der Waals surface area (Å²) in [5.41, 5.74) is 0.970. The highest BCUT2D eigenvalue weighted by Crippen LogP contribution is 2.33. The molecule has 3 rings (SSSR count). The maximum Gasteiger partial charge on any atom is 0.331 e. The zero-order valence-corrected chi connectivity index (χ0v) is 12.7. The number of amidine groups is 1. The molecule has 108 valence electrons. The van der Waals surface area contributed by atoms with Crippen molar-refractivity contribution in [2.45, 2.75) is 52.7 Å². The lowest BCUT2D eigenvalue weighted by molar-refractivity contribution is 0.225. The third-order valence-corrected chi connectivity index (χ3v) is 3.77. The van der Waals surface area contributed by atoms with Crippen LogP contribution in [0.4, 0.5) is 10.6 Å². The van der Waals surface area contributed by atoms with Crippen LogP contribution in [-0.4, -0.2) is 44.9 Å². The largest absolute Gasteiger partial charge is 0.331 e. The van der Waals surface area contributed by atoms with Crippen LogP contribution in [0.3, 0.4) is 0 Å². The van der Waals surface area contributed by atoms with Gasteiger partial charge >= 0.3 is 6.03 Å². The molecule has 0 spiro atoms. The van der Waals surface area contributed by atoms with E-state index < -0.39 is 0 Å². The lowest BCUT2D eigenvalue weighted by Gasteiger charge is -2.35. The Morgan fingerprint density at radius 3 is 2.55 bits per heavy atom. The smallest absolute Gasteiger partial charge is 0.324 e. The van der Waals surface area contributed by atoms with Crippen LogP contribution in [0.1, 0.15) is 46.4 Å². The fourth-order valence-electron chi connectivity index (χ4n) is 2.85. The minimum atomic E-state index is -0.00962. The van der Waals surface area contributed by atoms with Gasteiger partial charge in [0, 0.05) is 12.1 Å². The molecule has 0 saturated heterocycles. The van der Waals surface area contributed by atoms with Crippen LogP contribution in [0.2, 0.25) is 0 Å². The third-order valence-electron chi connectivity index (χ3n) is 3.77. The van der Waals surface area contributed by atoms with E-state index in [9.17, 15) is 4.79 Å². The van der Waals surface area contributed by atoms with Gasteiger partial charge in [-0.15, -0.1) is 0 Å². The number of hydrogen-bond donors (Lipinski definition) is 0. The quantitative estimate of drug-likeness (QED) is 0.831. The van der Waals surface area contributed by atoms with E-state index in [0.29, 0.717) is 6.54 Å². The molecule has 1 aromatic rings. The van der Waals surface area contributed by atoms with Crippen LogP contribution < -0.4 is 4.90 Å². The molecule has 6 nitrogen and oxygen atoms in total. The zero-order valence-electron chi connectivity index (χ0n) is 12.7. The van der Waals surface area contributed by atoms with Crippen LogP contribution in [0, 0.1) is 0 Å². The number of aromatic nitrogens is 2. The number of amides is 2. The topological polar surface area (TPSA) is 53.7 Å². The molecule has 1 atom stereocenters. The molecule has 2 aliphatic rings. The van der Waals surface area contributed by atoms with Crippen molar-refractivity contribution in [3.05, 3.63) is 12.0 Å². The number of fused-ring (bicyclic) bond motifs is 3. The Balaban J connectivity index is 2.22. The lowest BCUT2D eigenvalue weighted by Crippen LogP contribution is -2.53. The Hall–Kier alpha value is -1.85. The van der Waals surface area contributed by atoms with E-state index in [2.05, 4.69) is 28.4 Å². The van der Waals surface area contributed by atoms with Crippen LogP contribution in [0.25, 0.3) is 0 Å². The van der Waals surface area contributed by atoms with Crippen molar-refractivity contribution < 1.29 is 4.79 Å². The number of rotatable bonds is 2. The molecule has 0 aliphatic carbocycles. The number of imidazole rings is 1. The molecule has 2 amide bonds. The minimum absolute atomic E-state index is 0.00962. The van der Waals surface area contributed by atoms with Crippen molar-refractivity contribution in [2.75, 3.05) is 11.4 Å². The molecule has 0 saturated carbocycles. The summed E-state index contributed by atoms with van der Waals surface area (Å²) < 4.78 is 2.10. The molecule has 0 bridgehead atoms. The molecule has 0 fully saturated rings. The average Bonchev–Trinajstić information content (AvgIpc) is 2.91. The van der Waals surface area contributed by atoms with Gasteiger partial charge in [-0.2, -0.15) is 0 Å². The van der Waals surface area contributed by atoms with Crippen molar-refractivity contribution >= 4 is 17.7 Å². The van der Waals surface area contributed by atoms with Gasteiger partial charge in [-0.25, -0.2) is 9.78 Å². The van der Waals surface area contributed by atoms with Gasteiger partial charge in [0.1, 0.15) is 5.69 Å².